The summed E-state index contributed by atoms with van der Waals surface area (Å²) in [6.07, 6.45) is 0.0640. The van der Waals surface area contributed by atoms with E-state index in [0.29, 0.717) is 11.4 Å². The minimum absolute atomic E-state index is 0.0640. The van der Waals surface area contributed by atoms with Crippen LogP contribution in [-0.4, -0.2) is 34.5 Å². The van der Waals surface area contributed by atoms with Crippen molar-refractivity contribution in [1.29, 1.82) is 0 Å². The van der Waals surface area contributed by atoms with Gasteiger partial charge in [-0.3, -0.25) is 9.48 Å². The molecular weight excluding hydrogens is 244 g/mol. The average molecular weight is 260 g/mol. The first-order valence-electron chi connectivity index (χ1n) is 5.21. The van der Waals surface area contributed by atoms with Gasteiger partial charge in [0.15, 0.2) is 15.1 Å². The number of aryl methyl sites for hydroxylation is 2. The molecule has 1 heterocycles. The van der Waals surface area contributed by atoms with Crippen molar-refractivity contribution in [2.24, 2.45) is 7.05 Å². The number of hydrogen-bond acceptors (Lipinski definition) is 4. The Morgan fingerprint density at radius 3 is 2.53 bits per heavy atom. The molecule has 6 nitrogen and oxygen atoms in total. The van der Waals surface area contributed by atoms with Crippen LogP contribution >= 0.6 is 0 Å². The third-order valence-corrected chi connectivity index (χ3v) is 4.63. The third-order valence-electron chi connectivity index (χ3n) is 2.53. The maximum absolute atomic E-state index is 11.9. The maximum Gasteiger partial charge on any atom is 0.321 e. The average Bonchev–Trinajstić information content (AvgIpc) is 2.43. The molecule has 0 saturated heterocycles. The van der Waals surface area contributed by atoms with Gasteiger partial charge in [-0.1, -0.05) is 6.92 Å². The lowest BCUT2D eigenvalue weighted by atomic mass is 10.3. The number of carboxylic acids is 1. The van der Waals surface area contributed by atoms with E-state index in [4.69, 9.17) is 5.11 Å². The molecule has 0 aromatic carbocycles. The van der Waals surface area contributed by atoms with E-state index in [-0.39, 0.29) is 12.2 Å². The predicted octanol–water partition coefficient (Wildman–Crippen LogP) is 0.507. The van der Waals surface area contributed by atoms with Crippen LogP contribution in [-0.2, 0) is 27.4 Å². The molecule has 1 atom stereocenters. The van der Waals surface area contributed by atoms with Crippen molar-refractivity contribution in [2.45, 2.75) is 31.3 Å². The van der Waals surface area contributed by atoms with Gasteiger partial charge in [0.25, 0.3) is 0 Å². The van der Waals surface area contributed by atoms with Gasteiger partial charge in [0.1, 0.15) is 0 Å². The largest absolute Gasteiger partial charge is 0.480 e. The normalized spacial score (nSPS) is 13.6. The zero-order valence-corrected chi connectivity index (χ0v) is 10.9. The van der Waals surface area contributed by atoms with Gasteiger partial charge in [-0.25, -0.2) is 8.42 Å². The van der Waals surface area contributed by atoms with E-state index in [9.17, 15) is 13.2 Å². The number of carboxylic acid groups (broad SMARTS) is 1. The monoisotopic (exact) mass is 260 g/mol. The van der Waals surface area contributed by atoms with Gasteiger partial charge in [-0.15, -0.1) is 0 Å². The van der Waals surface area contributed by atoms with Crippen molar-refractivity contribution >= 4 is 15.8 Å². The molecule has 1 N–H and O–H groups in total. The second kappa shape index (κ2) is 4.87. The molecule has 0 aliphatic rings. The van der Waals surface area contributed by atoms with Crippen LogP contribution in [0.15, 0.2) is 6.07 Å². The molecular formula is C10H16N2O4S. The fourth-order valence-corrected chi connectivity index (χ4v) is 3.39. The zero-order chi connectivity index (χ0) is 13.2. The highest BCUT2D eigenvalue weighted by atomic mass is 32.2. The Hall–Kier alpha value is -1.37. The van der Waals surface area contributed by atoms with E-state index in [1.807, 2.05) is 0 Å². The highest BCUT2D eigenvalue weighted by Crippen LogP contribution is 2.14. The summed E-state index contributed by atoms with van der Waals surface area (Å²) >= 11 is 0. The van der Waals surface area contributed by atoms with Crippen molar-refractivity contribution in [2.75, 3.05) is 0 Å². The fraction of sp³-hybridized carbons (Fsp3) is 0.600. The van der Waals surface area contributed by atoms with Gasteiger partial charge in [-0.2, -0.15) is 5.10 Å². The molecule has 0 saturated carbocycles. The van der Waals surface area contributed by atoms with E-state index in [0.717, 1.165) is 0 Å². The number of sulfone groups is 1. The lowest BCUT2D eigenvalue weighted by Crippen LogP contribution is -2.31. The SMILES string of the molecule is CCC(C(=O)O)S(=O)(=O)Cc1cc(C)nn1C. The Labute approximate surface area is 100 Å². The number of aliphatic carboxylic acids is 1. The standard InChI is InChI=1S/C10H16N2O4S/c1-4-9(10(13)14)17(15,16)6-8-5-7(2)11-12(8)3/h5,9H,4,6H2,1-3H3,(H,13,14). The number of hydrogen-bond donors (Lipinski definition) is 1. The molecule has 0 aliphatic carbocycles. The molecule has 0 spiro atoms. The highest BCUT2D eigenvalue weighted by molar-refractivity contribution is 7.92. The Kier molecular flexibility index (Phi) is 3.92. The molecule has 0 amide bonds. The van der Waals surface area contributed by atoms with E-state index >= 15 is 0 Å². The minimum Gasteiger partial charge on any atom is -0.480 e. The van der Waals surface area contributed by atoms with Crippen molar-refractivity contribution in [3.05, 3.63) is 17.5 Å². The molecule has 1 unspecified atom stereocenters. The van der Waals surface area contributed by atoms with Gasteiger partial charge in [0.05, 0.1) is 17.1 Å². The summed E-state index contributed by atoms with van der Waals surface area (Å²) in [5, 5.41) is 11.5. The second-order valence-corrected chi connectivity index (χ2v) is 6.13. The quantitative estimate of drug-likeness (QED) is 0.833. The van der Waals surface area contributed by atoms with E-state index in [1.54, 1.807) is 27.0 Å². The second-order valence-electron chi connectivity index (χ2n) is 3.94. The summed E-state index contributed by atoms with van der Waals surface area (Å²) < 4.78 is 25.3. The first-order chi connectivity index (χ1) is 7.77. The van der Waals surface area contributed by atoms with Crippen LogP contribution < -0.4 is 0 Å². The van der Waals surface area contributed by atoms with Crippen LogP contribution in [0.25, 0.3) is 0 Å². The highest BCUT2D eigenvalue weighted by Gasteiger charge is 2.31. The molecule has 1 aromatic rings. The van der Waals surface area contributed by atoms with Crippen LogP contribution in [0, 0.1) is 6.92 Å². The molecule has 1 rings (SSSR count). The van der Waals surface area contributed by atoms with Crippen molar-refractivity contribution in [3.8, 4) is 0 Å². The molecule has 96 valence electrons. The molecule has 0 radical (unpaired) electrons. The molecule has 0 fully saturated rings. The lowest BCUT2D eigenvalue weighted by Gasteiger charge is -2.11. The first kappa shape index (κ1) is 13.7. The van der Waals surface area contributed by atoms with E-state index < -0.39 is 21.1 Å². The van der Waals surface area contributed by atoms with Gasteiger partial charge in [0, 0.05) is 7.05 Å². The predicted molar refractivity (Wildman–Crippen MR) is 62.3 cm³/mol. The van der Waals surface area contributed by atoms with Crippen LogP contribution in [0.4, 0.5) is 0 Å². The van der Waals surface area contributed by atoms with Gasteiger partial charge >= 0.3 is 5.97 Å². The van der Waals surface area contributed by atoms with Gasteiger partial charge in [-0.05, 0) is 19.4 Å². The first-order valence-corrected chi connectivity index (χ1v) is 6.93. The number of carbonyl (C=O) groups is 1. The molecule has 7 heteroatoms. The molecule has 17 heavy (non-hydrogen) atoms. The Balaban J connectivity index is 3.01. The smallest absolute Gasteiger partial charge is 0.321 e. The number of rotatable bonds is 5. The van der Waals surface area contributed by atoms with Crippen molar-refractivity contribution in [3.63, 3.8) is 0 Å². The summed E-state index contributed by atoms with van der Waals surface area (Å²) in [4.78, 5) is 10.9. The minimum atomic E-state index is -3.69. The van der Waals surface area contributed by atoms with Crippen LogP contribution in [0.3, 0.4) is 0 Å². The summed E-state index contributed by atoms with van der Waals surface area (Å²) in [5.41, 5.74) is 1.21. The zero-order valence-electron chi connectivity index (χ0n) is 10.0. The third kappa shape index (κ3) is 3.06. The van der Waals surface area contributed by atoms with Gasteiger partial charge in [0.2, 0.25) is 0 Å². The summed E-state index contributed by atoms with van der Waals surface area (Å²) in [7, 11) is -2.06. The molecule has 1 aromatic heterocycles. The Morgan fingerprint density at radius 1 is 1.59 bits per heavy atom. The summed E-state index contributed by atoms with van der Waals surface area (Å²) in [5.74, 6) is -1.60. The molecule has 0 aliphatic heterocycles. The Morgan fingerprint density at radius 2 is 2.18 bits per heavy atom. The van der Waals surface area contributed by atoms with Crippen LogP contribution in [0.1, 0.15) is 24.7 Å². The van der Waals surface area contributed by atoms with Crippen LogP contribution in [0.2, 0.25) is 0 Å². The topological polar surface area (TPSA) is 89.3 Å². The van der Waals surface area contributed by atoms with Crippen molar-refractivity contribution in [1.82, 2.24) is 9.78 Å². The summed E-state index contributed by atoms with van der Waals surface area (Å²) in [6.45, 7) is 3.30. The summed E-state index contributed by atoms with van der Waals surface area (Å²) in [6, 6.07) is 1.64. The number of aromatic nitrogens is 2. The molecule has 0 bridgehead atoms. The van der Waals surface area contributed by atoms with E-state index in [1.165, 1.54) is 4.68 Å². The van der Waals surface area contributed by atoms with Crippen molar-refractivity contribution < 1.29 is 18.3 Å². The fourth-order valence-electron chi connectivity index (χ4n) is 1.69. The van der Waals surface area contributed by atoms with Gasteiger partial charge < -0.3 is 5.11 Å². The Bertz CT molecular complexity index is 518. The van der Waals surface area contributed by atoms with E-state index in [2.05, 4.69) is 5.10 Å². The number of nitrogens with zero attached hydrogens (tertiary/aromatic N) is 2. The van der Waals surface area contributed by atoms with Crippen LogP contribution in [0.5, 0.6) is 0 Å². The lowest BCUT2D eigenvalue weighted by molar-refractivity contribution is -0.136. The maximum atomic E-state index is 11.9.